The second-order valence-electron chi connectivity index (χ2n) is 7.99. The Hall–Kier alpha value is -3.36. The highest BCUT2D eigenvalue weighted by Gasteiger charge is 2.60. The lowest BCUT2D eigenvalue weighted by Crippen LogP contribution is -2.37. The fraction of sp³-hybridized carbons (Fsp3) is 0.231. The van der Waals surface area contributed by atoms with E-state index in [0.717, 1.165) is 15.7 Å². The predicted octanol–water partition coefficient (Wildman–Crippen LogP) is 4.91. The van der Waals surface area contributed by atoms with E-state index in [4.69, 9.17) is 14.3 Å². The number of anilines is 2. The Labute approximate surface area is 205 Å². The van der Waals surface area contributed by atoms with Gasteiger partial charge in [0.15, 0.2) is 6.10 Å². The minimum absolute atomic E-state index is 0.306. The lowest BCUT2D eigenvalue weighted by molar-refractivity contribution is -0.126. The van der Waals surface area contributed by atoms with Gasteiger partial charge >= 0.3 is 0 Å². The molecule has 174 valence electrons. The number of hydrogen-bond acceptors (Lipinski definition) is 6. The van der Waals surface area contributed by atoms with Crippen molar-refractivity contribution >= 4 is 39.1 Å². The summed E-state index contributed by atoms with van der Waals surface area (Å²) in [4.78, 5) is 34.6. The summed E-state index contributed by atoms with van der Waals surface area (Å²) < 4.78 is 11.7. The van der Waals surface area contributed by atoms with Crippen molar-refractivity contribution in [2.24, 2.45) is 5.92 Å². The third-order valence-electron chi connectivity index (χ3n) is 6.03. The van der Waals surface area contributed by atoms with Crippen LogP contribution in [-0.2, 0) is 14.4 Å². The Morgan fingerprint density at radius 3 is 2.41 bits per heavy atom. The highest BCUT2D eigenvalue weighted by Crippen LogP contribution is 2.48. The van der Waals surface area contributed by atoms with E-state index in [1.165, 1.54) is 4.90 Å². The minimum Gasteiger partial charge on any atom is -0.496 e. The van der Waals surface area contributed by atoms with Crippen molar-refractivity contribution in [2.45, 2.75) is 19.1 Å². The second-order valence-corrected chi connectivity index (χ2v) is 8.85. The maximum Gasteiger partial charge on any atom is 0.266 e. The molecule has 3 aromatic carbocycles. The van der Waals surface area contributed by atoms with Crippen molar-refractivity contribution in [2.75, 3.05) is 23.7 Å². The van der Waals surface area contributed by atoms with Crippen molar-refractivity contribution in [1.29, 1.82) is 0 Å². The fourth-order valence-corrected chi connectivity index (χ4v) is 5.11. The number of fused-ring (bicyclic) bond motifs is 1. The predicted molar refractivity (Wildman–Crippen MR) is 131 cm³/mol. The summed E-state index contributed by atoms with van der Waals surface area (Å²) >= 11 is 3.54. The van der Waals surface area contributed by atoms with Crippen molar-refractivity contribution < 1.29 is 23.9 Å². The monoisotopic (exact) mass is 522 g/mol. The molecule has 2 fully saturated rings. The fourth-order valence-electron chi connectivity index (χ4n) is 4.55. The van der Waals surface area contributed by atoms with Crippen molar-refractivity contribution in [3.05, 3.63) is 82.8 Å². The van der Waals surface area contributed by atoms with Crippen LogP contribution in [0.2, 0.25) is 0 Å². The van der Waals surface area contributed by atoms with E-state index in [0.29, 0.717) is 23.8 Å². The maximum absolute atomic E-state index is 13.8. The van der Waals surface area contributed by atoms with Crippen LogP contribution in [0.15, 0.2) is 77.3 Å². The summed E-state index contributed by atoms with van der Waals surface area (Å²) in [6.45, 7) is 2.37. The van der Waals surface area contributed by atoms with Crippen molar-refractivity contribution in [1.82, 2.24) is 0 Å². The Kier molecular flexibility index (Phi) is 6.02. The molecule has 8 heteroatoms. The van der Waals surface area contributed by atoms with Crippen LogP contribution in [-0.4, -0.2) is 31.6 Å². The number of hydroxylamine groups is 1. The van der Waals surface area contributed by atoms with E-state index in [9.17, 15) is 9.59 Å². The zero-order chi connectivity index (χ0) is 23.8. The number of halogens is 1. The molecule has 0 bridgehead atoms. The summed E-state index contributed by atoms with van der Waals surface area (Å²) in [5.74, 6) is -0.142. The summed E-state index contributed by atoms with van der Waals surface area (Å²) in [6.07, 6.45) is -0.936. The third kappa shape index (κ3) is 3.73. The molecule has 34 heavy (non-hydrogen) atoms. The molecule has 2 aliphatic heterocycles. The topological polar surface area (TPSA) is 68.3 Å². The largest absolute Gasteiger partial charge is 0.496 e. The third-order valence-corrected chi connectivity index (χ3v) is 6.65. The molecule has 0 aromatic heterocycles. The number of amides is 2. The van der Waals surface area contributed by atoms with Crippen LogP contribution >= 0.6 is 15.9 Å². The van der Waals surface area contributed by atoms with E-state index < -0.39 is 18.1 Å². The molecular formula is C26H23BrN2O5. The molecule has 7 nitrogen and oxygen atoms in total. The minimum atomic E-state index is -0.936. The molecule has 0 N–H and O–H groups in total. The van der Waals surface area contributed by atoms with E-state index in [1.807, 2.05) is 55.5 Å². The van der Waals surface area contributed by atoms with Crippen molar-refractivity contribution in [3.8, 4) is 11.5 Å². The van der Waals surface area contributed by atoms with Crippen LogP contribution in [0.5, 0.6) is 11.5 Å². The molecule has 0 spiro atoms. The number of para-hydroxylation sites is 1. The first-order valence-corrected chi connectivity index (χ1v) is 11.8. The summed E-state index contributed by atoms with van der Waals surface area (Å²) in [5.41, 5.74) is 2.06. The van der Waals surface area contributed by atoms with Gasteiger partial charge in [0.25, 0.3) is 5.91 Å². The van der Waals surface area contributed by atoms with E-state index in [1.54, 1.807) is 36.4 Å². The van der Waals surface area contributed by atoms with Gasteiger partial charge in [0.1, 0.15) is 17.4 Å². The summed E-state index contributed by atoms with van der Waals surface area (Å²) in [7, 11) is 1.60. The smallest absolute Gasteiger partial charge is 0.266 e. The van der Waals surface area contributed by atoms with Gasteiger partial charge in [0.05, 0.1) is 35.6 Å². The zero-order valence-electron chi connectivity index (χ0n) is 18.7. The number of carbonyl (C=O) groups is 2. The molecule has 2 heterocycles. The van der Waals surface area contributed by atoms with Crippen LogP contribution in [0.25, 0.3) is 0 Å². The van der Waals surface area contributed by atoms with Gasteiger partial charge in [-0.05, 0) is 64.8 Å². The van der Waals surface area contributed by atoms with E-state index >= 15 is 0 Å². The standard InChI is InChI=1S/C26H23BrN2O5/c1-3-33-19-11-7-10-18(15-19)28-25(30)22-23(16-12-13-21(32-2)20(27)14-16)29(34-24(22)26(28)31)17-8-5-4-6-9-17/h4-15,22-24H,3H2,1-2H3/t22-,23-,24-/m1/s1. The van der Waals surface area contributed by atoms with E-state index in [-0.39, 0.29) is 11.8 Å². The van der Waals surface area contributed by atoms with E-state index in [2.05, 4.69) is 15.9 Å². The number of carbonyl (C=O) groups excluding carboxylic acids is 2. The Bertz CT molecular complexity index is 1230. The van der Waals surface area contributed by atoms with Crippen LogP contribution in [0, 0.1) is 5.92 Å². The number of methoxy groups -OCH3 is 1. The van der Waals surface area contributed by atoms with Crippen molar-refractivity contribution in [3.63, 3.8) is 0 Å². The molecule has 3 atom stereocenters. The van der Waals surface area contributed by atoms with Gasteiger partial charge in [-0.2, -0.15) is 0 Å². The van der Waals surface area contributed by atoms with Gasteiger partial charge in [-0.25, -0.2) is 9.96 Å². The molecule has 0 unspecified atom stereocenters. The van der Waals surface area contributed by atoms with Crippen LogP contribution in [0.4, 0.5) is 11.4 Å². The molecular weight excluding hydrogens is 500 g/mol. The molecule has 2 saturated heterocycles. The number of hydrogen-bond donors (Lipinski definition) is 0. The zero-order valence-corrected chi connectivity index (χ0v) is 20.3. The number of nitrogens with zero attached hydrogens (tertiary/aromatic N) is 2. The average Bonchev–Trinajstić information content (AvgIpc) is 3.36. The molecule has 0 saturated carbocycles. The number of benzene rings is 3. The van der Waals surface area contributed by atoms with Crippen LogP contribution in [0.3, 0.4) is 0 Å². The van der Waals surface area contributed by atoms with Crippen LogP contribution < -0.4 is 19.4 Å². The molecule has 0 aliphatic carbocycles. The Morgan fingerprint density at radius 2 is 1.71 bits per heavy atom. The normalized spacial score (nSPS) is 21.7. The first-order valence-electron chi connectivity index (χ1n) is 11.0. The Morgan fingerprint density at radius 1 is 0.941 bits per heavy atom. The first kappa shape index (κ1) is 22.4. The lowest BCUT2D eigenvalue weighted by Gasteiger charge is -2.29. The van der Waals surface area contributed by atoms with Crippen LogP contribution in [0.1, 0.15) is 18.5 Å². The molecule has 2 amide bonds. The SMILES string of the molecule is CCOc1cccc(N2C(=O)[C@@H]3[C@@H](c4ccc(OC)c(Br)c4)N(c4ccccc4)O[C@H]3C2=O)c1. The van der Waals surface area contributed by atoms with Gasteiger partial charge in [-0.15, -0.1) is 0 Å². The lowest BCUT2D eigenvalue weighted by atomic mass is 9.90. The molecule has 2 aliphatic rings. The van der Waals surface area contributed by atoms with Gasteiger partial charge in [0, 0.05) is 6.07 Å². The number of ether oxygens (including phenoxy) is 2. The van der Waals surface area contributed by atoms with Gasteiger partial charge in [0.2, 0.25) is 5.91 Å². The summed E-state index contributed by atoms with van der Waals surface area (Å²) in [5, 5.41) is 1.67. The number of rotatable bonds is 6. The molecule has 5 rings (SSSR count). The first-order chi connectivity index (χ1) is 16.5. The van der Waals surface area contributed by atoms with Gasteiger partial charge < -0.3 is 9.47 Å². The molecule has 0 radical (unpaired) electrons. The molecule has 3 aromatic rings. The second kappa shape index (κ2) is 9.12. The Balaban J connectivity index is 1.57. The summed E-state index contributed by atoms with van der Waals surface area (Å²) in [6, 6.07) is 21.6. The highest BCUT2D eigenvalue weighted by atomic mass is 79.9. The van der Waals surface area contributed by atoms with Gasteiger partial charge in [-0.3, -0.25) is 14.4 Å². The maximum atomic E-state index is 13.8. The number of imide groups is 1. The average molecular weight is 523 g/mol. The highest BCUT2D eigenvalue weighted by molar-refractivity contribution is 9.10. The quantitative estimate of drug-likeness (QED) is 0.428. The van der Waals surface area contributed by atoms with Gasteiger partial charge in [-0.1, -0.05) is 30.3 Å².